The molecule has 6 nitrogen and oxygen atoms in total. The number of nitrogens with zero attached hydrogens (tertiary/aromatic N) is 1. The van der Waals surface area contributed by atoms with E-state index in [9.17, 15) is 13.2 Å². The fourth-order valence-electron chi connectivity index (χ4n) is 3.51. The molecule has 0 saturated heterocycles. The third kappa shape index (κ3) is 5.69. The Hall–Kier alpha value is -1.60. The van der Waals surface area contributed by atoms with Gasteiger partial charge in [-0.15, -0.1) is 0 Å². The number of carbonyl (C=O) groups excluding carboxylic acids is 1. The van der Waals surface area contributed by atoms with Crippen molar-refractivity contribution < 1.29 is 17.9 Å². The van der Waals surface area contributed by atoms with Crippen LogP contribution in [0.3, 0.4) is 0 Å². The van der Waals surface area contributed by atoms with Gasteiger partial charge in [0.05, 0.1) is 16.7 Å². The molecule has 1 saturated carbocycles. The molecule has 0 aliphatic heterocycles. The van der Waals surface area contributed by atoms with E-state index in [4.69, 9.17) is 4.74 Å². The number of anilines is 1. The molecule has 0 atom stereocenters. The van der Waals surface area contributed by atoms with Gasteiger partial charge in [-0.05, 0) is 50.8 Å². The summed E-state index contributed by atoms with van der Waals surface area (Å²) in [6, 6.07) is 4.68. The lowest BCUT2D eigenvalue weighted by atomic mass is 10.0. The van der Waals surface area contributed by atoms with E-state index >= 15 is 0 Å². The molecule has 0 bridgehead atoms. The van der Waals surface area contributed by atoms with Crippen LogP contribution in [0.25, 0.3) is 0 Å². The monoisotopic (exact) mass is 396 g/mol. The van der Waals surface area contributed by atoms with Crippen LogP contribution in [-0.2, 0) is 14.8 Å². The number of hydrogen-bond acceptors (Lipinski definition) is 4. The van der Waals surface area contributed by atoms with Crippen molar-refractivity contribution in [2.24, 2.45) is 5.92 Å². The molecular formula is C20H32N2O4S. The van der Waals surface area contributed by atoms with Crippen molar-refractivity contribution in [1.29, 1.82) is 0 Å². The van der Waals surface area contributed by atoms with Crippen molar-refractivity contribution in [3.05, 3.63) is 18.2 Å². The summed E-state index contributed by atoms with van der Waals surface area (Å²) < 4.78 is 32.8. The lowest BCUT2D eigenvalue weighted by molar-refractivity contribution is -0.117. The van der Waals surface area contributed by atoms with Gasteiger partial charge in [-0.3, -0.25) is 4.79 Å². The van der Waals surface area contributed by atoms with E-state index in [2.05, 4.69) is 5.32 Å². The highest BCUT2D eigenvalue weighted by Gasteiger charge is 2.24. The van der Waals surface area contributed by atoms with Crippen molar-refractivity contribution in [1.82, 2.24) is 4.31 Å². The zero-order chi connectivity index (χ0) is 20.0. The molecule has 1 aromatic rings. The van der Waals surface area contributed by atoms with Gasteiger partial charge in [-0.2, -0.15) is 4.31 Å². The first kappa shape index (κ1) is 21.7. The molecule has 0 unspecified atom stereocenters. The van der Waals surface area contributed by atoms with Crippen LogP contribution in [0.4, 0.5) is 5.69 Å². The summed E-state index contributed by atoms with van der Waals surface area (Å²) in [7, 11) is -3.60. The van der Waals surface area contributed by atoms with E-state index in [1.165, 1.54) is 29.3 Å². The van der Waals surface area contributed by atoms with E-state index in [1.807, 2.05) is 27.7 Å². The van der Waals surface area contributed by atoms with Crippen LogP contribution in [0.5, 0.6) is 5.75 Å². The molecule has 1 fully saturated rings. The van der Waals surface area contributed by atoms with Crippen molar-refractivity contribution in [2.45, 2.75) is 70.8 Å². The normalized spacial score (nSPS) is 15.5. The molecule has 1 aliphatic carbocycles. The second-order valence-electron chi connectivity index (χ2n) is 7.32. The second kappa shape index (κ2) is 9.55. The third-order valence-corrected chi connectivity index (χ3v) is 6.93. The van der Waals surface area contributed by atoms with Crippen LogP contribution in [0.1, 0.15) is 59.8 Å². The van der Waals surface area contributed by atoms with Gasteiger partial charge in [0, 0.05) is 19.5 Å². The fourth-order valence-corrected chi connectivity index (χ4v) is 5.00. The van der Waals surface area contributed by atoms with Crippen LogP contribution >= 0.6 is 0 Å². The van der Waals surface area contributed by atoms with E-state index in [1.54, 1.807) is 6.07 Å². The standard InChI is InChI=1S/C20H32N2O4S/c1-5-22(6-2)27(24,25)17-11-12-19(26-15(3)4)18(14-17)21-20(23)13-16-9-7-8-10-16/h11-12,14-16H,5-10,13H2,1-4H3,(H,21,23). The lowest BCUT2D eigenvalue weighted by Crippen LogP contribution is -2.30. The molecule has 0 radical (unpaired) electrons. The largest absolute Gasteiger partial charge is 0.489 e. The minimum Gasteiger partial charge on any atom is -0.489 e. The number of rotatable bonds is 9. The number of hydrogen-bond donors (Lipinski definition) is 1. The first-order valence-electron chi connectivity index (χ1n) is 9.88. The Labute approximate surface area is 163 Å². The van der Waals surface area contributed by atoms with Crippen LogP contribution in [0.2, 0.25) is 0 Å². The van der Waals surface area contributed by atoms with Gasteiger partial charge in [0.1, 0.15) is 5.75 Å². The minimum absolute atomic E-state index is 0.0827. The summed E-state index contributed by atoms with van der Waals surface area (Å²) in [4.78, 5) is 12.7. The Morgan fingerprint density at radius 2 is 1.85 bits per heavy atom. The molecular weight excluding hydrogens is 364 g/mol. The first-order valence-corrected chi connectivity index (χ1v) is 11.3. The van der Waals surface area contributed by atoms with Gasteiger partial charge in [0.2, 0.25) is 15.9 Å². The predicted octanol–water partition coefficient (Wildman–Crippen LogP) is 4.02. The summed E-state index contributed by atoms with van der Waals surface area (Å²) in [5.41, 5.74) is 0.417. The van der Waals surface area contributed by atoms with Gasteiger partial charge in [0.25, 0.3) is 0 Å². The van der Waals surface area contributed by atoms with Crippen LogP contribution in [0, 0.1) is 5.92 Å². The molecule has 0 heterocycles. The Kier molecular flexibility index (Phi) is 7.68. The number of nitrogens with one attached hydrogen (secondary N) is 1. The van der Waals surface area contributed by atoms with Crippen molar-refractivity contribution in [2.75, 3.05) is 18.4 Å². The fraction of sp³-hybridized carbons (Fsp3) is 0.650. The minimum atomic E-state index is -3.60. The number of carbonyl (C=O) groups is 1. The highest BCUT2D eigenvalue weighted by molar-refractivity contribution is 7.89. The predicted molar refractivity (Wildman–Crippen MR) is 108 cm³/mol. The SMILES string of the molecule is CCN(CC)S(=O)(=O)c1ccc(OC(C)C)c(NC(=O)CC2CCCC2)c1. The molecule has 1 aliphatic rings. The maximum Gasteiger partial charge on any atom is 0.243 e. The second-order valence-corrected chi connectivity index (χ2v) is 9.25. The molecule has 1 N–H and O–H groups in total. The summed E-state index contributed by atoms with van der Waals surface area (Å²) in [6.07, 6.45) is 4.90. The number of ether oxygens (including phenoxy) is 1. The average molecular weight is 397 g/mol. The quantitative estimate of drug-likeness (QED) is 0.684. The van der Waals surface area contributed by atoms with Crippen molar-refractivity contribution >= 4 is 21.6 Å². The molecule has 7 heteroatoms. The molecule has 1 amide bonds. The van der Waals surface area contributed by atoms with Crippen LogP contribution in [0.15, 0.2) is 23.1 Å². The van der Waals surface area contributed by atoms with Gasteiger partial charge in [-0.1, -0.05) is 26.7 Å². The zero-order valence-corrected chi connectivity index (χ0v) is 17.6. The summed E-state index contributed by atoms with van der Waals surface area (Å²) in [6.45, 7) is 8.19. The maximum absolute atomic E-state index is 12.8. The summed E-state index contributed by atoms with van der Waals surface area (Å²) in [5.74, 6) is 0.818. The Balaban J connectivity index is 2.29. The van der Waals surface area contributed by atoms with E-state index in [0.29, 0.717) is 36.9 Å². The van der Waals surface area contributed by atoms with Gasteiger partial charge in [-0.25, -0.2) is 8.42 Å². The topological polar surface area (TPSA) is 75.7 Å². The first-order chi connectivity index (χ1) is 12.8. The molecule has 1 aromatic carbocycles. The van der Waals surface area contributed by atoms with Gasteiger partial charge >= 0.3 is 0 Å². The Morgan fingerprint density at radius 1 is 1.22 bits per heavy atom. The van der Waals surface area contributed by atoms with Gasteiger partial charge in [0.15, 0.2) is 0 Å². The molecule has 0 spiro atoms. The third-order valence-electron chi connectivity index (χ3n) is 4.88. The lowest BCUT2D eigenvalue weighted by Gasteiger charge is -2.21. The maximum atomic E-state index is 12.8. The van der Waals surface area contributed by atoms with E-state index in [-0.39, 0.29) is 16.9 Å². The zero-order valence-electron chi connectivity index (χ0n) is 16.8. The van der Waals surface area contributed by atoms with E-state index < -0.39 is 10.0 Å². The van der Waals surface area contributed by atoms with Crippen molar-refractivity contribution in [3.63, 3.8) is 0 Å². The average Bonchev–Trinajstić information content (AvgIpc) is 3.09. The molecule has 27 heavy (non-hydrogen) atoms. The smallest absolute Gasteiger partial charge is 0.243 e. The number of amides is 1. The highest BCUT2D eigenvalue weighted by Crippen LogP contribution is 2.32. The van der Waals surface area contributed by atoms with Crippen LogP contribution in [-0.4, -0.2) is 37.8 Å². The summed E-state index contributed by atoms with van der Waals surface area (Å²) in [5, 5.41) is 2.88. The molecule has 152 valence electrons. The number of sulfonamides is 1. The summed E-state index contributed by atoms with van der Waals surface area (Å²) >= 11 is 0. The Morgan fingerprint density at radius 3 is 2.41 bits per heavy atom. The van der Waals surface area contributed by atoms with Crippen LogP contribution < -0.4 is 10.1 Å². The van der Waals surface area contributed by atoms with Gasteiger partial charge < -0.3 is 10.1 Å². The number of benzene rings is 1. The van der Waals surface area contributed by atoms with E-state index in [0.717, 1.165) is 12.8 Å². The Bertz CT molecular complexity index is 736. The highest BCUT2D eigenvalue weighted by atomic mass is 32.2. The molecule has 0 aromatic heterocycles. The molecule has 2 rings (SSSR count). The van der Waals surface area contributed by atoms with Crippen molar-refractivity contribution in [3.8, 4) is 5.75 Å².